The van der Waals surface area contributed by atoms with E-state index in [1.54, 1.807) is 23.5 Å². The quantitative estimate of drug-likeness (QED) is 0.332. The number of benzene rings is 2. The van der Waals surface area contributed by atoms with Crippen molar-refractivity contribution in [3.63, 3.8) is 0 Å². The zero-order valence-corrected chi connectivity index (χ0v) is 18.6. The van der Waals surface area contributed by atoms with Crippen molar-refractivity contribution < 1.29 is 9.18 Å². The lowest BCUT2D eigenvalue weighted by Gasteiger charge is -2.20. The van der Waals surface area contributed by atoms with Gasteiger partial charge in [0.2, 0.25) is 0 Å². The number of nitrogens with zero attached hydrogens (tertiary/aromatic N) is 4. The summed E-state index contributed by atoms with van der Waals surface area (Å²) in [6.45, 7) is 1.09. The number of rotatable bonds is 6. The maximum absolute atomic E-state index is 13.4. The summed E-state index contributed by atoms with van der Waals surface area (Å²) in [5, 5.41) is 1.11. The maximum atomic E-state index is 13.4. The zero-order valence-electron chi connectivity index (χ0n) is 15.5. The van der Waals surface area contributed by atoms with Crippen LogP contribution in [0.15, 0.2) is 55.1 Å². The van der Waals surface area contributed by atoms with Crippen LogP contribution in [0.2, 0.25) is 10.0 Å². The highest BCUT2D eigenvalue weighted by atomic mass is 35.5. The lowest BCUT2D eigenvalue weighted by atomic mass is 10.2. The van der Waals surface area contributed by atoms with E-state index in [0.717, 1.165) is 10.8 Å². The first-order chi connectivity index (χ1) is 14.0. The predicted octanol–water partition coefficient (Wildman–Crippen LogP) is 6.10. The Balaban J connectivity index is 0.00000256. The third-order valence-electron chi connectivity index (χ3n) is 4.35. The lowest BCUT2D eigenvalue weighted by Crippen LogP contribution is -2.32. The molecule has 2 heterocycles. The van der Waals surface area contributed by atoms with Crippen LogP contribution in [0.1, 0.15) is 16.8 Å². The molecule has 4 rings (SSSR count). The molecule has 0 saturated carbocycles. The van der Waals surface area contributed by atoms with Gasteiger partial charge in [0, 0.05) is 25.5 Å². The van der Waals surface area contributed by atoms with Gasteiger partial charge in [-0.1, -0.05) is 40.6 Å². The number of anilines is 1. The summed E-state index contributed by atoms with van der Waals surface area (Å²) < 4.78 is 16.2. The first-order valence-corrected chi connectivity index (χ1v) is 10.4. The molecule has 30 heavy (non-hydrogen) atoms. The Kier molecular flexibility index (Phi) is 7.31. The maximum Gasteiger partial charge on any atom is 0.261 e. The molecule has 5 nitrogen and oxygen atoms in total. The second kappa shape index (κ2) is 9.75. The highest BCUT2D eigenvalue weighted by Gasteiger charge is 2.23. The molecular weight excluding hydrogens is 470 g/mol. The number of imidazole rings is 1. The molecule has 156 valence electrons. The van der Waals surface area contributed by atoms with Crippen molar-refractivity contribution in [2.24, 2.45) is 0 Å². The van der Waals surface area contributed by atoms with Crippen LogP contribution in [0, 0.1) is 5.82 Å². The summed E-state index contributed by atoms with van der Waals surface area (Å²) in [6.07, 6.45) is 5.96. The second-order valence-electron chi connectivity index (χ2n) is 6.32. The zero-order chi connectivity index (χ0) is 20.4. The highest BCUT2D eigenvalue weighted by Crippen LogP contribution is 2.34. The molecule has 0 saturated heterocycles. The van der Waals surface area contributed by atoms with Gasteiger partial charge in [-0.3, -0.25) is 9.69 Å². The van der Waals surface area contributed by atoms with E-state index in [4.69, 9.17) is 23.2 Å². The highest BCUT2D eigenvalue weighted by molar-refractivity contribution is 7.22. The van der Waals surface area contributed by atoms with E-state index in [1.165, 1.54) is 23.5 Å². The number of carbonyl (C=O) groups is 1. The average Bonchev–Trinajstić information content (AvgIpc) is 3.35. The van der Waals surface area contributed by atoms with Crippen molar-refractivity contribution in [1.29, 1.82) is 0 Å². The molecule has 0 unspecified atom stereocenters. The van der Waals surface area contributed by atoms with Crippen molar-refractivity contribution in [2.45, 2.75) is 13.0 Å². The van der Waals surface area contributed by atoms with E-state index < -0.39 is 5.82 Å². The van der Waals surface area contributed by atoms with Crippen LogP contribution in [0.3, 0.4) is 0 Å². The van der Waals surface area contributed by atoms with Gasteiger partial charge in [-0.05, 0) is 36.8 Å². The molecule has 0 aliphatic rings. The summed E-state index contributed by atoms with van der Waals surface area (Å²) in [5.41, 5.74) is 0.868. The standard InChI is InChI=1S/C20H15Cl2FN4OS.ClH/c21-15-3-1-4-17-18(15)25-20(29-17)27(9-2-8-26-10-7-24-12-26)19(28)14-6-5-13(23)11-16(14)22;/h1,3-7,10-12H,2,8-9H2;1H. The van der Waals surface area contributed by atoms with Crippen molar-refractivity contribution in [2.75, 3.05) is 11.4 Å². The Hall–Kier alpha value is -2.19. The van der Waals surface area contributed by atoms with Gasteiger partial charge >= 0.3 is 0 Å². The molecular formula is C20H16Cl3FN4OS. The van der Waals surface area contributed by atoms with Crippen molar-refractivity contribution in [3.8, 4) is 0 Å². The Morgan fingerprint density at radius 2 is 2.03 bits per heavy atom. The largest absolute Gasteiger partial charge is 0.337 e. The minimum absolute atomic E-state index is 0. The fraction of sp³-hybridized carbons (Fsp3) is 0.150. The molecule has 2 aromatic carbocycles. The molecule has 0 bridgehead atoms. The Morgan fingerprint density at radius 3 is 2.73 bits per heavy atom. The molecule has 0 N–H and O–H groups in total. The Labute approximate surface area is 192 Å². The fourth-order valence-electron chi connectivity index (χ4n) is 2.94. The molecule has 10 heteroatoms. The van der Waals surface area contributed by atoms with Gasteiger partial charge in [-0.2, -0.15) is 0 Å². The normalized spacial score (nSPS) is 10.8. The lowest BCUT2D eigenvalue weighted by molar-refractivity contribution is 0.0986. The second-order valence-corrected chi connectivity index (χ2v) is 8.14. The first-order valence-electron chi connectivity index (χ1n) is 8.80. The molecule has 0 spiro atoms. The fourth-order valence-corrected chi connectivity index (χ4v) is 4.48. The average molecular weight is 486 g/mol. The SMILES string of the molecule is Cl.O=C(c1ccc(F)cc1Cl)N(CCCn1ccnc1)c1nc2c(Cl)cccc2s1. The van der Waals surface area contributed by atoms with Crippen LogP contribution < -0.4 is 4.90 Å². The third-order valence-corrected chi connectivity index (χ3v) is 6.01. The molecule has 0 radical (unpaired) electrons. The first kappa shape index (κ1) is 22.5. The van der Waals surface area contributed by atoms with Gasteiger partial charge in [0.15, 0.2) is 5.13 Å². The summed E-state index contributed by atoms with van der Waals surface area (Å²) in [7, 11) is 0. The Morgan fingerprint density at radius 1 is 1.20 bits per heavy atom. The molecule has 2 aromatic heterocycles. The molecule has 0 fully saturated rings. The van der Waals surface area contributed by atoms with Gasteiger partial charge in [0.1, 0.15) is 11.3 Å². The topological polar surface area (TPSA) is 51.0 Å². The Bertz CT molecular complexity index is 1170. The van der Waals surface area contributed by atoms with E-state index in [1.807, 2.05) is 22.9 Å². The molecule has 1 amide bonds. The number of thiazole rings is 1. The van der Waals surface area contributed by atoms with Gasteiger partial charge < -0.3 is 4.57 Å². The van der Waals surface area contributed by atoms with E-state index in [9.17, 15) is 9.18 Å². The van der Waals surface area contributed by atoms with Crippen LogP contribution in [0.4, 0.5) is 9.52 Å². The van der Waals surface area contributed by atoms with Gasteiger partial charge in [-0.25, -0.2) is 14.4 Å². The van der Waals surface area contributed by atoms with Crippen molar-refractivity contribution in [1.82, 2.24) is 14.5 Å². The van der Waals surface area contributed by atoms with Crippen molar-refractivity contribution in [3.05, 3.63) is 76.5 Å². The number of hydrogen-bond acceptors (Lipinski definition) is 4. The predicted molar refractivity (Wildman–Crippen MR) is 122 cm³/mol. The van der Waals surface area contributed by atoms with Crippen LogP contribution in [0.5, 0.6) is 0 Å². The number of fused-ring (bicyclic) bond motifs is 1. The van der Waals surface area contributed by atoms with E-state index >= 15 is 0 Å². The minimum Gasteiger partial charge on any atom is -0.337 e. The number of hydrogen-bond donors (Lipinski definition) is 0. The third kappa shape index (κ3) is 4.75. The van der Waals surface area contributed by atoms with E-state index in [2.05, 4.69) is 9.97 Å². The smallest absolute Gasteiger partial charge is 0.261 e. The van der Waals surface area contributed by atoms with Gasteiger partial charge in [0.25, 0.3) is 5.91 Å². The van der Waals surface area contributed by atoms with Crippen LogP contribution in [-0.2, 0) is 6.54 Å². The number of aromatic nitrogens is 3. The van der Waals surface area contributed by atoms with Crippen LogP contribution >= 0.6 is 46.9 Å². The summed E-state index contributed by atoms with van der Waals surface area (Å²) in [5.74, 6) is -0.833. The summed E-state index contributed by atoms with van der Waals surface area (Å²) >= 11 is 13.8. The monoisotopic (exact) mass is 484 g/mol. The number of para-hydroxylation sites is 1. The van der Waals surface area contributed by atoms with Gasteiger partial charge in [-0.15, -0.1) is 12.4 Å². The number of halogens is 4. The van der Waals surface area contributed by atoms with E-state index in [0.29, 0.717) is 35.2 Å². The number of carbonyl (C=O) groups excluding carboxylic acids is 1. The van der Waals surface area contributed by atoms with Crippen LogP contribution in [0.25, 0.3) is 10.2 Å². The summed E-state index contributed by atoms with van der Waals surface area (Å²) in [4.78, 5) is 23.4. The molecule has 4 aromatic rings. The number of aryl methyl sites for hydroxylation is 1. The van der Waals surface area contributed by atoms with E-state index in [-0.39, 0.29) is 28.9 Å². The molecule has 0 aliphatic carbocycles. The van der Waals surface area contributed by atoms with Crippen molar-refractivity contribution >= 4 is 68.2 Å². The molecule has 0 atom stereocenters. The minimum atomic E-state index is -0.495. The van der Waals surface area contributed by atoms with Gasteiger partial charge in [0.05, 0.1) is 26.6 Å². The summed E-state index contributed by atoms with van der Waals surface area (Å²) in [6, 6.07) is 9.25. The molecule has 0 aliphatic heterocycles. The number of amides is 1. The van der Waals surface area contributed by atoms with Crippen LogP contribution in [-0.4, -0.2) is 27.0 Å².